The van der Waals surface area contributed by atoms with Gasteiger partial charge in [0.2, 0.25) is 5.78 Å². The van der Waals surface area contributed by atoms with Crippen LogP contribution in [0.25, 0.3) is 0 Å². The molecule has 1 aliphatic carbocycles. The van der Waals surface area contributed by atoms with Gasteiger partial charge in [-0.15, -0.1) is 0 Å². The third-order valence-corrected chi connectivity index (χ3v) is 3.53. The first kappa shape index (κ1) is 19.2. The third-order valence-electron chi connectivity index (χ3n) is 3.53. The molecule has 0 fully saturated rings. The lowest BCUT2D eigenvalue weighted by molar-refractivity contribution is -0.115. The molecule has 0 radical (unpaired) electrons. The molecule has 4 N–H and O–H groups in total. The monoisotopic (exact) mass is 361 g/mol. The van der Waals surface area contributed by atoms with Crippen LogP contribution in [0.5, 0.6) is 5.75 Å². The van der Waals surface area contributed by atoms with E-state index < -0.39 is 28.7 Å². The molecule has 9 nitrogen and oxygen atoms in total. The molecule has 2 rings (SSSR count). The van der Waals surface area contributed by atoms with Gasteiger partial charge in [0.25, 0.3) is 5.91 Å². The van der Waals surface area contributed by atoms with Gasteiger partial charge in [-0.3, -0.25) is 15.0 Å². The molecule has 0 spiro atoms. The second-order valence-electron chi connectivity index (χ2n) is 5.22. The highest BCUT2D eigenvalue weighted by molar-refractivity contribution is 6.54. The number of nitrogens with zero attached hydrogens (tertiary/aromatic N) is 1. The standard InChI is InChI=1S/C17H19N3O6/c1-24-8-20(10-5-3-4-6-13(10)26-9-25-2)11-7-12(21)15(18)14(16(11)22)17(19)23/h3-7,18,22H,8-9H2,1-2H3,(H2,19,23). The van der Waals surface area contributed by atoms with Crippen LogP contribution < -0.4 is 15.4 Å². The van der Waals surface area contributed by atoms with E-state index in [1.165, 1.54) is 19.1 Å². The highest BCUT2D eigenvalue weighted by atomic mass is 16.7. The van der Waals surface area contributed by atoms with Gasteiger partial charge < -0.3 is 30.0 Å². The summed E-state index contributed by atoms with van der Waals surface area (Å²) < 4.78 is 15.6. The molecule has 0 unspecified atom stereocenters. The molecule has 9 heteroatoms. The molecule has 26 heavy (non-hydrogen) atoms. The molecular formula is C17H19N3O6. The minimum Gasteiger partial charge on any atom is -0.505 e. The molecule has 0 saturated heterocycles. The van der Waals surface area contributed by atoms with Gasteiger partial charge in [-0.1, -0.05) is 12.1 Å². The molecule has 138 valence electrons. The Morgan fingerprint density at radius 2 is 1.96 bits per heavy atom. The smallest absolute Gasteiger partial charge is 0.254 e. The Kier molecular flexibility index (Phi) is 6.10. The number of para-hydroxylation sites is 2. The number of aliphatic hydroxyl groups excluding tert-OH is 1. The molecule has 0 saturated carbocycles. The molecule has 0 heterocycles. The van der Waals surface area contributed by atoms with Crippen LogP contribution in [0.1, 0.15) is 0 Å². The van der Waals surface area contributed by atoms with E-state index in [1.54, 1.807) is 24.3 Å². The topological polar surface area (TPSA) is 135 Å². The normalized spacial score (nSPS) is 14.3. The van der Waals surface area contributed by atoms with Crippen LogP contribution in [0, 0.1) is 5.41 Å². The molecule has 0 atom stereocenters. The Labute approximate surface area is 149 Å². The van der Waals surface area contributed by atoms with E-state index in [0.717, 1.165) is 6.08 Å². The van der Waals surface area contributed by atoms with Gasteiger partial charge in [0, 0.05) is 20.3 Å². The maximum Gasteiger partial charge on any atom is 0.254 e. The first-order valence-corrected chi connectivity index (χ1v) is 7.48. The molecule has 0 aliphatic heterocycles. The number of carbonyl (C=O) groups is 2. The fourth-order valence-corrected chi connectivity index (χ4v) is 2.40. The van der Waals surface area contributed by atoms with Crippen molar-refractivity contribution in [3.05, 3.63) is 47.4 Å². The largest absolute Gasteiger partial charge is 0.505 e. The van der Waals surface area contributed by atoms with E-state index in [-0.39, 0.29) is 19.2 Å². The quantitative estimate of drug-likeness (QED) is 0.462. The van der Waals surface area contributed by atoms with Crippen LogP contribution in [0.4, 0.5) is 5.69 Å². The van der Waals surface area contributed by atoms with Gasteiger partial charge in [-0.25, -0.2) is 0 Å². The average molecular weight is 361 g/mol. The second kappa shape index (κ2) is 8.28. The summed E-state index contributed by atoms with van der Waals surface area (Å²) in [7, 11) is 2.89. The summed E-state index contributed by atoms with van der Waals surface area (Å²) in [5, 5.41) is 18.1. The number of hydrogen-bond acceptors (Lipinski definition) is 8. The number of carbonyl (C=O) groups excluding carboxylic acids is 2. The van der Waals surface area contributed by atoms with E-state index in [1.807, 2.05) is 0 Å². The lowest BCUT2D eigenvalue weighted by Crippen LogP contribution is -2.35. The van der Waals surface area contributed by atoms with E-state index in [2.05, 4.69) is 0 Å². The number of aliphatic hydroxyl groups is 1. The number of nitrogens with one attached hydrogen (secondary N) is 1. The zero-order chi connectivity index (χ0) is 19.3. The number of nitrogens with two attached hydrogens (primary N) is 1. The number of hydrogen-bond donors (Lipinski definition) is 3. The average Bonchev–Trinajstić information content (AvgIpc) is 2.61. The Balaban J connectivity index is 2.58. The van der Waals surface area contributed by atoms with Crippen molar-refractivity contribution < 1.29 is 28.9 Å². The first-order valence-electron chi connectivity index (χ1n) is 7.48. The van der Waals surface area contributed by atoms with Crippen LogP contribution in [0.3, 0.4) is 0 Å². The molecule has 1 aromatic carbocycles. The van der Waals surface area contributed by atoms with E-state index in [0.29, 0.717) is 11.4 Å². The predicted octanol–water partition coefficient (Wildman–Crippen LogP) is 0.863. The maximum atomic E-state index is 12.1. The highest BCUT2D eigenvalue weighted by Crippen LogP contribution is 2.34. The summed E-state index contributed by atoms with van der Waals surface area (Å²) in [4.78, 5) is 25.1. The van der Waals surface area contributed by atoms with Gasteiger partial charge >= 0.3 is 0 Å². The van der Waals surface area contributed by atoms with Crippen LogP contribution in [0.15, 0.2) is 47.4 Å². The van der Waals surface area contributed by atoms with Crippen LogP contribution >= 0.6 is 0 Å². The number of rotatable bonds is 8. The zero-order valence-corrected chi connectivity index (χ0v) is 14.3. The fourth-order valence-electron chi connectivity index (χ4n) is 2.40. The van der Waals surface area contributed by atoms with Crippen LogP contribution in [0.2, 0.25) is 0 Å². The molecule has 1 aromatic rings. The molecule has 1 amide bonds. The Bertz CT molecular complexity index is 799. The molecule has 1 aliphatic rings. The van der Waals surface area contributed by atoms with E-state index >= 15 is 0 Å². The number of ether oxygens (including phenoxy) is 3. The number of methoxy groups -OCH3 is 2. The summed E-state index contributed by atoms with van der Waals surface area (Å²) in [5.41, 5.74) is 4.41. The minimum atomic E-state index is -1.08. The third kappa shape index (κ3) is 3.73. The second-order valence-corrected chi connectivity index (χ2v) is 5.22. The molecule has 0 aromatic heterocycles. The summed E-state index contributed by atoms with van der Waals surface area (Å²) in [6.07, 6.45) is 1.04. The number of benzene rings is 1. The van der Waals surface area contributed by atoms with Crippen molar-refractivity contribution in [3.63, 3.8) is 0 Å². The minimum absolute atomic E-state index is 0.0190. The van der Waals surface area contributed by atoms with Gasteiger partial charge in [0.15, 0.2) is 12.6 Å². The Morgan fingerprint density at radius 3 is 2.58 bits per heavy atom. The molecule has 0 bridgehead atoms. The van der Waals surface area contributed by atoms with Crippen LogP contribution in [-0.4, -0.2) is 50.3 Å². The number of amides is 1. The first-order chi connectivity index (χ1) is 12.4. The summed E-state index contributed by atoms with van der Waals surface area (Å²) >= 11 is 0. The summed E-state index contributed by atoms with van der Waals surface area (Å²) in [6.45, 7) is -0.0925. The predicted molar refractivity (Wildman–Crippen MR) is 93.0 cm³/mol. The van der Waals surface area contributed by atoms with Crippen molar-refractivity contribution in [2.45, 2.75) is 0 Å². The zero-order valence-electron chi connectivity index (χ0n) is 14.3. The Morgan fingerprint density at radius 1 is 1.27 bits per heavy atom. The number of ketones is 1. The fraction of sp³-hybridized carbons (Fsp3) is 0.235. The number of primary amides is 1. The van der Waals surface area contributed by atoms with Gasteiger partial charge in [0.1, 0.15) is 23.8 Å². The van der Waals surface area contributed by atoms with Gasteiger partial charge in [-0.05, 0) is 12.1 Å². The van der Waals surface area contributed by atoms with E-state index in [4.69, 9.17) is 25.4 Å². The van der Waals surface area contributed by atoms with Crippen molar-refractivity contribution in [2.24, 2.45) is 5.73 Å². The lowest BCUT2D eigenvalue weighted by atomic mass is 9.96. The lowest BCUT2D eigenvalue weighted by Gasteiger charge is -2.29. The highest BCUT2D eigenvalue weighted by Gasteiger charge is 2.33. The number of allylic oxidation sites excluding steroid dienone is 1. The molecular weight excluding hydrogens is 342 g/mol. The summed E-state index contributed by atoms with van der Waals surface area (Å²) in [5.74, 6) is -2.02. The summed E-state index contributed by atoms with van der Waals surface area (Å²) in [6, 6.07) is 6.80. The van der Waals surface area contributed by atoms with E-state index in [9.17, 15) is 14.7 Å². The Hall–Kier alpha value is -3.17. The van der Waals surface area contributed by atoms with Gasteiger partial charge in [0.05, 0.1) is 11.4 Å². The SMILES string of the molecule is COCOc1ccccc1N(COC)C1=CC(=O)C(=N)C(C(N)=O)=C1O. The van der Waals surface area contributed by atoms with Crippen molar-refractivity contribution in [1.82, 2.24) is 0 Å². The van der Waals surface area contributed by atoms with Crippen molar-refractivity contribution in [3.8, 4) is 5.75 Å². The van der Waals surface area contributed by atoms with Crippen molar-refractivity contribution in [2.75, 3.05) is 32.6 Å². The van der Waals surface area contributed by atoms with Crippen LogP contribution in [-0.2, 0) is 19.1 Å². The van der Waals surface area contributed by atoms with Gasteiger partial charge in [-0.2, -0.15) is 0 Å². The van der Waals surface area contributed by atoms with Crippen molar-refractivity contribution in [1.29, 1.82) is 5.41 Å². The maximum absolute atomic E-state index is 12.1. The van der Waals surface area contributed by atoms with Crippen molar-refractivity contribution >= 4 is 23.1 Å². The number of anilines is 1.